The van der Waals surface area contributed by atoms with Crippen LogP contribution in [0, 0.1) is 0 Å². The van der Waals surface area contributed by atoms with Crippen LogP contribution in [0.25, 0.3) is 11.1 Å². The predicted molar refractivity (Wildman–Crippen MR) is 97.2 cm³/mol. The normalized spacial score (nSPS) is 15.2. The second kappa shape index (κ2) is 6.71. The number of hydrogen-bond donors (Lipinski definition) is 2. The van der Waals surface area contributed by atoms with Crippen LogP contribution >= 0.6 is 11.3 Å². The zero-order valence-corrected chi connectivity index (χ0v) is 14.0. The van der Waals surface area contributed by atoms with Gasteiger partial charge in [-0.3, -0.25) is 0 Å². The van der Waals surface area contributed by atoms with Crippen LogP contribution in [0.5, 0.6) is 0 Å². The minimum absolute atomic E-state index is 0.435. The largest absolute Gasteiger partial charge is 0.387 e. The van der Waals surface area contributed by atoms with Gasteiger partial charge in [0, 0.05) is 12.5 Å². The molecule has 0 aliphatic heterocycles. The summed E-state index contributed by atoms with van der Waals surface area (Å²) in [6.07, 6.45) is 1.89. The van der Waals surface area contributed by atoms with Gasteiger partial charge in [0.25, 0.3) is 0 Å². The van der Waals surface area contributed by atoms with Crippen LogP contribution in [0.4, 0.5) is 5.13 Å². The molecule has 0 spiro atoms. The van der Waals surface area contributed by atoms with E-state index in [1.807, 2.05) is 42.5 Å². The Kier molecular flexibility index (Phi) is 4.28. The van der Waals surface area contributed by atoms with Crippen LogP contribution in [0.15, 0.2) is 54.6 Å². The van der Waals surface area contributed by atoms with Crippen LogP contribution in [0.2, 0.25) is 0 Å². The molecule has 1 aromatic heterocycles. The summed E-state index contributed by atoms with van der Waals surface area (Å²) >= 11 is 1.60. The van der Waals surface area contributed by atoms with Crippen molar-refractivity contribution < 1.29 is 5.11 Å². The average molecular weight is 337 g/mol. The maximum Gasteiger partial charge on any atom is 0.205 e. The van der Waals surface area contributed by atoms with Crippen LogP contribution in [0.3, 0.4) is 0 Å². The number of rotatable bonds is 6. The molecule has 1 aliphatic carbocycles. The van der Waals surface area contributed by atoms with E-state index in [-0.39, 0.29) is 0 Å². The first-order valence-electron chi connectivity index (χ1n) is 8.20. The Bertz CT molecular complexity index is 797. The lowest BCUT2D eigenvalue weighted by Gasteiger charge is -2.12. The molecule has 1 saturated carbocycles. The van der Waals surface area contributed by atoms with E-state index in [4.69, 9.17) is 0 Å². The van der Waals surface area contributed by atoms with E-state index in [0.717, 1.165) is 21.3 Å². The van der Waals surface area contributed by atoms with Gasteiger partial charge >= 0.3 is 0 Å². The van der Waals surface area contributed by atoms with Gasteiger partial charge in [-0.1, -0.05) is 65.9 Å². The molecular formula is C19H19N3OS. The highest BCUT2D eigenvalue weighted by Gasteiger charge is 2.27. The molecule has 5 heteroatoms. The lowest BCUT2D eigenvalue weighted by atomic mass is 10.0. The summed E-state index contributed by atoms with van der Waals surface area (Å²) < 4.78 is 0. The van der Waals surface area contributed by atoms with Gasteiger partial charge in [-0.25, -0.2) is 0 Å². The molecule has 1 aliphatic rings. The maximum absolute atomic E-state index is 10.4. The fourth-order valence-corrected chi connectivity index (χ4v) is 3.55. The predicted octanol–water partition coefficient (Wildman–Crippen LogP) is 4.23. The van der Waals surface area contributed by atoms with Crippen molar-refractivity contribution in [3.05, 3.63) is 65.2 Å². The number of aromatic nitrogens is 2. The number of nitrogens with one attached hydrogen (secondary N) is 1. The molecular weight excluding hydrogens is 318 g/mol. The molecule has 0 amide bonds. The molecule has 1 atom stereocenters. The molecule has 3 aromatic rings. The van der Waals surface area contributed by atoms with Crippen LogP contribution in [0.1, 0.15) is 35.4 Å². The Hall–Kier alpha value is -2.24. The highest BCUT2D eigenvalue weighted by Crippen LogP contribution is 2.42. The SMILES string of the molecule is OC(CNc1nnc(C2CC2)s1)c1ccc(-c2ccccc2)cc1. The van der Waals surface area contributed by atoms with E-state index in [9.17, 15) is 5.11 Å². The second-order valence-corrected chi connectivity index (χ2v) is 7.11. The first kappa shape index (κ1) is 15.3. The Labute approximate surface area is 145 Å². The summed E-state index contributed by atoms with van der Waals surface area (Å²) in [6, 6.07) is 18.3. The standard InChI is InChI=1S/C19H19N3OS/c23-17(12-20-19-22-21-18(24-19)16-10-11-16)15-8-6-14(7-9-15)13-4-2-1-3-5-13/h1-9,16-17,23H,10-12H2,(H,20,22). The summed E-state index contributed by atoms with van der Waals surface area (Å²) in [4.78, 5) is 0. The first-order chi connectivity index (χ1) is 11.8. The molecule has 4 nitrogen and oxygen atoms in total. The molecule has 0 saturated heterocycles. The van der Waals surface area contributed by atoms with Crippen molar-refractivity contribution in [2.75, 3.05) is 11.9 Å². The van der Waals surface area contributed by atoms with Gasteiger partial charge in [0.1, 0.15) is 5.01 Å². The lowest BCUT2D eigenvalue weighted by molar-refractivity contribution is 0.191. The van der Waals surface area contributed by atoms with Crippen molar-refractivity contribution in [1.29, 1.82) is 0 Å². The Morgan fingerprint density at radius 2 is 1.71 bits per heavy atom. The van der Waals surface area contributed by atoms with Crippen molar-refractivity contribution in [1.82, 2.24) is 10.2 Å². The summed E-state index contributed by atoms with van der Waals surface area (Å²) in [5, 5.41) is 23.8. The molecule has 0 radical (unpaired) electrons. The number of anilines is 1. The number of aliphatic hydroxyl groups is 1. The molecule has 2 aromatic carbocycles. The van der Waals surface area contributed by atoms with Crippen molar-refractivity contribution in [2.24, 2.45) is 0 Å². The second-order valence-electron chi connectivity index (χ2n) is 6.10. The van der Waals surface area contributed by atoms with E-state index in [1.165, 1.54) is 18.4 Å². The van der Waals surface area contributed by atoms with Crippen LogP contribution in [-0.2, 0) is 0 Å². The number of nitrogens with zero attached hydrogens (tertiary/aromatic N) is 2. The highest BCUT2D eigenvalue weighted by atomic mass is 32.1. The van der Waals surface area contributed by atoms with Gasteiger partial charge in [0.15, 0.2) is 0 Å². The third kappa shape index (κ3) is 3.47. The summed E-state index contributed by atoms with van der Waals surface area (Å²) in [6.45, 7) is 0.435. The van der Waals surface area contributed by atoms with Crippen molar-refractivity contribution in [3.63, 3.8) is 0 Å². The number of aliphatic hydroxyl groups excluding tert-OH is 1. The monoisotopic (exact) mass is 337 g/mol. The minimum Gasteiger partial charge on any atom is -0.387 e. The van der Waals surface area contributed by atoms with Crippen molar-refractivity contribution >= 4 is 16.5 Å². The summed E-state index contributed by atoms with van der Waals surface area (Å²) in [7, 11) is 0. The topological polar surface area (TPSA) is 58.0 Å². The van der Waals surface area contributed by atoms with Gasteiger partial charge in [-0.2, -0.15) is 0 Å². The van der Waals surface area contributed by atoms with Gasteiger partial charge in [-0.15, -0.1) is 10.2 Å². The smallest absolute Gasteiger partial charge is 0.205 e. The molecule has 2 N–H and O–H groups in total. The summed E-state index contributed by atoms with van der Waals surface area (Å²) in [5.74, 6) is 0.619. The number of hydrogen-bond acceptors (Lipinski definition) is 5. The van der Waals surface area contributed by atoms with Crippen LogP contribution in [-0.4, -0.2) is 21.8 Å². The van der Waals surface area contributed by atoms with Gasteiger partial charge in [-0.05, 0) is 29.5 Å². The zero-order valence-electron chi connectivity index (χ0n) is 13.2. The molecule has 1 fully saturated rings. The molecule has 24 heavy (non-hydrogen) atoms. The number of benzene rings is 2. The summed E-state index contributed by atoms with van der Waals surface area (Å²) in [5.41, 5.74) is 3.23. The van der Waals surface area contributed by atoms with E-state index >= 15 is 0 Å². The molecule has 122 valence electrons. The maximum atomic E-state index is 10.4. The molecule has 4 rings (SSSR count). The molecule has 0 bridgehead atoms. The fraction of sp³-hybridized carbons (Fsp3) is 0.263. The highest BCUT2D eigenvalue weighted by molar-refractivity contribution is 7.15. The van der Waals surface area contributed by atoms with Crippen LogP contribution < -0.4 is 5.32 Å². The van der Waals surface area contributed by atoms with Crippen molar-refractivity contribution in [3.8, 4) is 11.1 Å². The molecule has 1 unspecified atom stereocenters. The Balaban J connectivity index is 1.37. The quantitative estimate of drug-likeness (QED) is 0.707. The zero-order chi connectivity index (χ0) is 16.4. The molecule has 1 heterocycles. The third-order valence-electron chi connectivity index (χ3n) is 4.22. The first-order valence-corrected chi connectivity index (χ1v) is 9.02. The van der Waals surface area contributed by atoms with Gasteiger partial charge in [0.05, 0.1) is 6.10 Å². The Morgan fingerprint density at radius 3 is 2.42 bits per heavy atom. The van der Waals surface area contributed by atoms with Gasteiger partial charge < -0.3 is 10.4 Å². The van der Waals surface area contributed by atoms with E-state index in [0.29, 0.717) is 12.5 Å². The van der Waals surface area contributed by atoms with E-state index < -0.39 is 6.10 Å². The fourth-order valence-electron chi connectivity index (χ4n) is 2.63. The van der Waals surface area contributed by atoms with E-state index in [1.54, 1.807) is 11.3 Å². The minimum atomic E-state index is -0.567. The van der Waals surface area contributed by atoms with Crippen molar-refractivity contribution in [2.45, 2.75) is 24.9 Å². The third-order valence-corrected chi connectivity index (χ3v) is 5.26. The average Bonchev–Trinajstić information content (AvgIpc) is 3.39. The van der Waals surface area contributed by atoms with Gasteiger partial charge in [0.2, 0.25) is 5.13 Å². The lowest BCUT2D eigenvalue weighted by Crippen LogP contribution is -2.11. The Morgan fingerprint density at radius 1 is 1.00 bits per heavy atom. The van der Waals surface area contributed by atoms with E-state index in [2.05, 4.69) is 27.6 Å².